The molecular formula is C14H13F2N3O. The Balaban J connectivity index is 1.91. The fourth-order valence-corrected chi connectivity index (χ4v) is 1.70. The maximum Gasteiger partial charge on any atom is 0.266 e. The second-order valence-electron chi connectivity index (χ2n) is 4.18. The third-order valence-corrected chi connectivity index (χ3v) is 2.62. The van der Waals surface area contributed by atoms with E-state index in [9.17, 15) is 13.6 Å². The van der Waals surface area contributed by atoms with E-state index in [-0.39, 0.29) is 18.7 Å². The molecule has 1 amide bonds. The number of hydrogen-bond acceptors (Lipinski definition) is 3. The molecule has 6 heteroatoms. The van der Waals surface area contributed by atoms with Gasteiger partial charge in [0, 0.05) is 6.42 Å². The normalized spacial score (nSPS) is 10.3. The first kappa shape index (κ1) is 14.0. The molecule has 0 aliphatic heterocycles. The monoisotopic (exact) mass is 277 g/mol. The number of carbonyl (C=O) groups excluding carboxylic acids is 1. The fraction of sp³-hybridized carbons (Fsp3) is 0.214. The maximum absolute atomic E-state index is 11.8. The molecule has 0 saturated heterocycles. The summed E-state index contributed by atoms with van der Waals surface area (Å²) in [6.07, 6.45) is 1.28. The number of amides is 1. The van der Waals surface area contributed by atoms with Crippen LogP contribution in [0.5, 0.6) is 0 Å². The Bertz CT molecular complexity index is 639. The van der Waals surface area contributed by atoms with Crippen LogP contribution in [0.2, 0.25) is 0 Å². The second-order valence-corrected chi connectivity index (χ2v) is 4.18. The highest BCUT2D eigenvalue weighted by Crippen LogP contribution is 2.12. The lowest BCUT2D eigenvalue weighted by Gasteiger charge is -2.04. The van der Waals surface area contributed by atoms with Gasteiger partial charge in [-0.3, -0.25) is 9.78 Å². The van der Waals surface area contributed by atoms with Crippen LogP contribution in [0.4, 0.5) is 14.6 Å². The molecule has 0 unspecified atom stereocenters. The summed E-state index contributed by atoms with van der Waals surface area (Å²) in [4.78, 5) is 20.0. The van der Waals surface area contributed by atoms with Crippen LogP contribution >= 0.6 is 0 Å². The fourth-order valence-electron chi connectivity index (χ4n) is 1.70. The number of rotatable bonds is 5. The number of para-hydroxylation sites is 2. The molecule has 104 valence electrons. The number of aromatic nitrogens is 2. The summed E-state index contributed by atoms with van der Waals surface area (Å²) < 4.78 is 23.6. The van der Waals surface area contributed by atoms with Gasteiger partial charge in [0.2, 0.25) is 5.91 Å². The minimum absolute atomic E-state index is 0.165. The van der Waals surface area contributed by atoms with E-state index < -0.39 is 6.08 Å². The number of benzene rings is 1. The largest absolute Gasteiger partial charge is 0.309 e. The number of unbranched alkanes of at least 4 members (excludes halogenated alkanes) is 1. The highest BCUT2D eigenvalue weighted by atomic mass is 19.3. The minimum atomic E-state index is -1.72. The number of halogens is 2. The van der Waals surface area contributed by atoms with Crippen LogP contribution in [0.25, 0.3) is 11.0 Å². The van der Waals surface area contributed by atoms with Crippen molar-refractivity contribution in [3.8, 4) is 0 Å². The first-order valence-corrected chi connectivity index (χ1v) is 6.18. The van der Waals surface area contributed by atoms with Gasteiger partial charge in [-0.05, 0) is 31.1 Å². The van der Waals surface area contributed by atoms with Crippen LogP contribution in [0, 0.1) is 0 Å². The van der Waals surface area contributed by atoms with Gasteiger partial charge in [0.25, 0.3) is 6.08 Å². The van der Waals surface area contributed by atoms with Crippen molar-refractivity contribution in [1.82, 2.24) is 9.97 Å². The third-order valence-electron chi connectivity index (χ3n) is 2.62. The molecule has 0 aliphatic rings. The van der Waals surface area contributed by atoms with Crippen LogP contribution in [0.15, 0.2) is 42.6 Å². The average molecular weight is 277 g/mol. The summed E-state index contributed by atoms with van der Waals surface area (Å²) in [6, 6.07) is 7.31. The van der Waals surface area contributed by atoms with Gasteiger partial charge in [-0.15, -0.1) is 0 Å². The first-order chi connectivity index (χ1) is 9.65. The van der Waals surface area contributed by atoms with E-state index in [1.54, 1.807) is 6.07 Å². The van der Waals surface area contributed by atoms with Crippen molar-refractivity contribution in [1.29, 1.82) is 0 Å². The topological polar surface area (TPSA) is 54.9 Å². The van der Waals surface area contributed by atoms with E-state index in [2.05, 4.69) is 15.3 Å². The van der Waals surface area contributed by atoms with Gasteiger partial charge in [0.1, 0.15) is 0 Å². The maximum atomic E-state index is 11.8. The van der Waals surface area contributed by atoms with Gasteiger partial charge >= 0.3 is 0 Å². The van der Waals surface area contributed by atoms with E-state index in [1.807, 2.05) is 18.2 Å². The van der Waals surface area contributed by atoms with Crippen molar-refractivity contribution >= 4 is 22.8 Å². The molecule has 0 fully saturated rings. The summed E-state index contributed by atoms with van der Waals surface area (Å²) in [7, 11) is 0. The predicted octanol–water partition coefficient (Wildman–Crippen LogP) is 3.52. The lowest BCUT2D eigenvalue weighted by molar-refractivity contribution is -0.116. The molecule has 0 spiro atoms. The van der Waals surface area contributed by atoms with E-state index in [4.69, 9.17) is 0 Å². The summed E-state index contributed by atoms with van der Waals surface area (Å²) >= 11 is 0. The minimum Gasteiger partial charge on any atom is -0.309 e. The molecule has 2 aromatic rings. The SMILES string of the molecule is O=C(CCCC=C(F)F)Nc1cnc2ccccc2n1. The number of allylic oxidation sites excluding steroid dienone is 1. The molecule has 1 N–H and O–H groups in total. The molecule has 4 nitrogen and oxygen atoms in total. The summed E-state index contributed by atoms with van der Waals surface area (Å²) in [5, 5.41) is 2.60. The Morgan fingerprint density at radius 2 is 2.00 bits per heavy atom. The molecule has 1 heterocycles. The molecule has 0 atom stereocenters. The van der Waals surface area contributed by atoms with Crippen molar-refractivity contribution in [2.75, 3.05) is 5.32 Å². The van der Waals surface area contributed by atoms with Crippen LogP contribution in [-0.4, -0.2) is 15.9 Å². The number of anilines is 1. The zero-order valence-corrected chi connectivity index (χ0v) is 10.6. The van der Waals surface area contributed by atoms with Gasteiger partial charge in [-0.2, -0.15) is 8.78 Å². The Labute approximate surface area is 114 Å². The predicted molar refractivity (Wildman–Crippen MR) is 72.3 cm³/mol. The summed E-state index contributed by atoms with van der Waals surface area (Å²) in [5.74, 6) is 0.100. The Morgan fingerprint density at radius 1 is 1.25 bits per heavy atom. The molecule has 0 saturated carbocycles. The number of carbonyl (C=O) groups is 1. The van der Waals surface area contributed by atoms with Crippen molar-refractivity contribution in [3.63, 3.8) is 0 Å². The van der Waals surface area contributed by atoms with Crippen molar-refractivity contribution in [3.05, 3.63) is 42.6 Å². The first-order valence-electron chi connectivity index (χ1n) is 6.18. The second kappa shape index (κ2) is 6.70. The Morgan fingerprint density at radius 3 is 2.75 bits per heavy atom. The van der Waals surface area contributed by atoms with Crippen LogP contribution in [0.3, 0.4) is 0 Å². The van der Waals surface area contributed by atoms with Crippen LogP contribution in [0.1, 0.15) is 19.3 Å². The molecular weight excluding hydrogens is 264 g/mol. The van der Waals surface area contributed by atoms with E-state index in [0.29, 0.717) is 17.8 Å². The van der Waals surface area contributed by atoms with Crippen LogP contribution in [-0.2, 0) is 4.79 Å². The molecule has 20 heavy (non-hydrogen) atoms. The zero-order chi connectivity index (χ0) is 14.4. The third kappa shape index (κ3) is 4.08. The Hall–Kier alpha value is -2.37. The molecule has 0 bridgehead atoms. The summed E-state index contributed by atoms with van der Waals surface area (Å²) in [5.41, 5.74) is 1.43. The highest BCUT2D eigenvalue weighted by molar-refractivity contribution is 5.90. The van der Waals surface area contributed by atoms with Crippen LogP contribution < -0.4 is 5.32 Å². The van der Waals surface area contributed by atoms with Gasteiger partial charge in [-0.1, -0.05) is 12.1 Å². The smallest absolute Gasteiger partial charge is 0.266 e. The standard InChI is InChI=1S/C14H13F2N3O/c15-12(16)7-3-4-8-14(20)19-13-9-17-10-5-1-2-6-11(10)18-13/h1-2,5-7,9H,3-4,8H2,(H,18,19,20). The molecule has 0 radical (unpaired) electrons. The molecule has 1 aromatic carbocycles. The van der Waals surface area contributed by atoms with Crippen molar-refractivity contribution in [2.45, 2.75) is 19.3 Å². The van der Waals surface area contributed by atoms with E-state index in [1.165, 1.54) is 6.20 Å². The van der Waals surface area contributed by atoms with Gasteiger partial charge < -0.3 is 5.32 Å². The lowest BCUT2D eigenvalue weighted by atomic mass is 10.2. The lowest BCUT2D eigenvalue weighted by Crippen LogP contribution is -2.12. The molecule has 2 rings (SSSR count). The molecule has 1 aromatic heterocycles. The van der Waals surface area contributed by atoms with Gasteiger partial charge in [0.05, 0.1) is 17.2 Å². The van der Waals surface area contributed by atoms with Crippen molar-refractivity contribution < 1.29 is 13.6 Å². The average Bonchev–Trinajstić information content (AvgIpc) is 2.43. The zero-order valence-electron chi connectivity index (χ0n) is 10.6. The highest BCUT2D eigenvalue weighted by Gasteiger charge is 2.04. The number of nitrogens with one attached hydrogen (secondary N) is 1. The number of hydrogen-bond donors (Lipinski definition) is 1. The summed E-state index contributed by atoms with van der Waals surface area (Å²) in [6.45, 7) is 0. The number of nitrogens with zero attached hydrogens (tertiary/aromatic N) is 2. The van der Waals surface area contributed by atoms with E-state index in [0.717, 1.165) is 11.6 Å². The number of fused-ring (bicyclic) bond motifs is 1. The Kier molecular flexibility index (Phi) is 4.70. The van der Waals surface area contributed by atoms with Gasteiger partial charge in [0.15, 0.2) is 5.82 Å². The van der Waals surface area contributed by atoms with Crippen molar-refractivity contribution in [2.24, 2.45) is 0 Å². The van der Waals surface area contributed by atoms with E-state index >= 15 is 0 Å². The molecule has 0 aliphatic carbocycles. The van der Waals surface area contributed by atoms with Gasteiger partial charge in [-0.25, -0.2) is 4.98 Å². The quantitative estimate of drug-likeness (QED) is 0.851.